The summed E-state index contributed by atoms with van der Waals surface area (Å²) in [5, 5.41) is 27.9. The Morgan fingerprint density at radius 2 is 1.85 bits per heavy atom. The normalized spacial score (nSPS) is 18.4. The predicted octanol–water partition coefficient (Wildman–Crippen LogP) is 6.37. The molecular formula is C34H45ClN2O3. The summed E-state index contributed by atoms with van der Waals surface area (Å²) in [4.78, 5) is 2.12. The van der Waals surface area contributed by atoms with Crippen molar-refractivity contribution in [1.29, 1.82) is 0 Å². The van der Waals surface area contributed by atoms with Crippen molar-refractivity contribution < 1.29 is 14.9 Å². The van der Waals surface area contributed by atoms with E-state index in [-0.39, 0.29) is 5.92 Å². The first-order valence-corrected chi connectivity index (χ1v) is 14.9. The summed E-state index contributed by atoms with van der Waals surface area (Å²) in [5.41, 5.74) is 5.32. The zero-order valence-electron chi connectivity index (χ0n) is 24.2. The van der Waals surface area contributed by atoms with Crippen LogP contribution in [0.3, 0.4) is 0 Å². The molecule has 1 unspecified atom stereocenters. The number of unbranched alkanes of at least 4 members (excludes halogenated alkanes) is 1. The highest BCUT2D eigenvalue weighted by Gasteiger charge is 2.42. The highest BCUT2D eigenvalue weighted by atomic mass is 35.5. The Bertz CT molecular complexity index is 1220. The third kappa shape index (κ3) is 7.33. The van der Waals surface area contributed by atoms with Crippen molar-refractivity contribution in [2.24, 2.45) is 5.92 Å². The number of aryl methyl sites for hydroxylation is 1. The van der Waals surface area contributed by atoms with Crippen LogP contribution in [0.15, 0.2) is 66.7 Å². The second-order valence-corrected chi connectivity index (χ2v) is 11.6. The molecule has 216 valence electrons. The minimum Gasteiger partial charge on any atom is -0.385 e. The van der Waals surface area contributed by atoms with Crippen molar-refractivity contribution >= 4 is 11.6 Å². The van der Waals surface area contributed by atoms with Gasteiger partial charge < -0.3 is 20.3 Å². The largest absolute Gasteiger partial charge is 0.385 e. The zero-order chi connectivity index (χ0) is 28.5. The highest BCUT2D eigenvalue weighted by Crippen LogP contribution is 2.44. The number of aliphatic hydroxyl groups excluding tert-OH is 1. The smallest absolute Gasteiger partial charge is 0.133 e. The van der Waals surface area contributed by atoms with E-state index in [2.05, 4.69) is 59.6 Å². The molecular weight excluding hydrogens is 520 g/mol. The van der Waals surface area contributed by atoms with E-state index in [1.54, 1.807) is 7.11 Å². The van der Waals surface area contributed by atoms with Gasteiger partial charge in [0.2, 0.25) is 0 Å². The fourth-order valence-corrected chi connectivity index (χ4v) is 6.42. The van der Waals surface area contributed by atoms with Gasteiger partial charge in [0.25, 0.3) is 0 Å². The summed E-state index contributed by atoms with van der Waals surface area (Å²) >= 11 is 6.87. The molecule has 0 spiro atoms. The van der Waals surface area contributed by atoms with E-state index in [9.17, 15) is 10.2 Å². The lowest BCUT2D eigenvalue weighted by Gasteiger charge is -2.45. The van der Waals surface area contributed by atoms with Crippen molar-refractivity contribution in [3.8, 4) is 0 Å². The number of hydrogen-bond acceptors (Lipinski definition) is 5. The van der Waals surface area contributed by atoms with Crippen LogP contribution < -0.4 is 5.32 Å². The number of hydrogen-bond donors (Lipinski definition) is 3. The van der Waals surface area contributed by atoms with Gasteiger partial charge in [0.15, 0.2) is 0 Å². The second-order valence-electron chi connectivity index (χ2n) is 11.2. The van der Waals surface area contributed by atoms with Gasteiger partial charge in [-0.15, -0.1) is 0 Å². The zero-order valence-corrected chi connectivity index (χ0v) is 25.0. The molecule has 3 aromatic rings. The number of likely N-dealkylation sites (tertiary alicyclic amines) is 1. The maximum Gasteiger partial charge on any atom is 0.133 e. The van der Waals surface area contributed by atoms with Gasteiger partial charge in [-0.3, -0.25) is 4.90 Å². The van der Waals surface area contributed by atoms with E-state index in [0.29, 0.717) is 31.0 Å². The van der Waals surface area contributed by atoms with Crippen LogP contribution >= 0.6 is 11.6 Å². The molecule has 0 aliphatic carbocycles. The van der Waals surface area contributed by atoms with Crippen molar-refractivity contribution in [3.05, 3.63) is 105 Å². The number of halogens is 1. The maximum atomic E-state index is 12.7. The Morgan fingerprint density at radius 1 is 1.07 bits per heavy atom. The molecule has 5 nitrogen and oxygen atoms in total. The molecule has 0 amide bonds. The van der Waals surface area contributed by atoms with E-state index in [1.165, 1.54) is 16.7 Å². The van der Waals surface area contributed by atoms with Crippen molar-refractivity contribution in [2.75, 3.05) is 33.9 Å². The van der Waals surface area contributed by atoms with Gasteiger partial charge in [0, 0.05) is 44.3 Å². The molecule has 1 aliphatic rings. The van der Waals surface area contributed by atoms with Crippen LogP contribution in [-0.4, -0.2) is 49.0 Å². The third-order valence-electron chi connectivity index (χ3n) is 8.50. The van der Waals surface area contributed by atoms with Crippen LogP contribution in [-0.2, 0) is 23.3 Å². The van der Waals surface area contributed by atoms with Crippen LogP contribution in [0.2, 0.25) is 5.02 Å². The number of methoxy groups -OCH3 is 1. The molecule has 3 atom stereocenters. The molecule has 4 rings (SSSR count). The quantitative estimate of drug-likeness (QED) is 0.211. The Kier molecular flexibility index (Phi) is 11.2. The third-order valence-corrected chi connectivity index (χ3v) is 8.86. The van der Waals surface area contributed by atoms with Crippen LogP contribution in [0.4, 0.5) is 0 Å². The number of rotatable bonds is 13. The van der Waals surface area contributed by atoms with Gasteiger partial charge in [-0.2, -0.15) is 0 Å². The van der Waals surface area contributed by atoms with Crippen LogP contribution in [0.5, 0.6) is 0 Å². The Hall–Kier alpha value is -2.25. The number of ether oxygens (including phenoxy) is 1. The first-order valence-electron chi connectivity index (χ1n) is 14.6. The van der Waals surface area contributed by atoms with Crippen molar-refractivity contribution in [1.82, 2.24) is 10.2 Å². The molecule has 1 saturated heterocycles. The standard InChI is InChI=1S/C34H45ClN2O3/c1-25-10-4-5-11-28(25)22-30-31(13-8-14-32(30)35)34(39,19-6-7-21-40-3)29-12-9-20-37(24-29)33(38)27-17-15-26(16-18-27)23-36-2/h4-5,8,10-11,13-18,29,33,36,38-39H,6-7,9,12,19-24H2,1-3H3/t29-,33?,34+/m1/s1. The summed E-state index contributed by atoms with van der Waals surface area (Å²) in [6.45, 7) is 4.98. The lowest BCUT2D eigenvalue weighted by molar-refractivity contribution is -0.0952. The average molecular weight is 565 g/mol. The number of nitrogens with one attached hydrogen (secondary N) is 1. The molecule has 0 bridgehead atoms. The molecule has 1 aliphatic heterocycles. The molecule has 1 heterocycles. The average Bonchev–Trinajstić information content (AvgIpc) is 2.97. The summed E-state index contributed by atoms with van der Waals surface area (Å²) in [6, 6.07) is 22.5. The number of aliphatic hydroxyl groups is 2. The van der Waals surface area contributed by atoms with E-state index < -0.39 is 11.8 Å². The van der Waals surface area contributed by atoms with Crippen molar-refractivity contribution in [3.63, 3.8) is 0 Å². The maximum absolute atomic E-state index is 12.7. The van der Waals surface area contributed by atoms with Gasteiger partial charge in [-0.25, -0.2) is 0 Å². The molecule has 3 aromatic carbocycles. The summed E-state index contributed by atoms with van der Waals surface area (Å²) in [7, 11) is 3.65. The number of nitrogens with zero attached hydrogens (tertiary/aromatic N) is 1. The van der Waals surface area contributed by atoms with Gasteiger partial charge in [0.05, 0.1) is 5.60 Å². The molecule has 40 heavy (non-hydrogen) atoms. The first kappa shape index (κ1) is 30.7. The van der Waals surface area contributed by atoms with E-state index >= 15 is 0 Å². The SMILES string of the molecule is CNCc1ccc(C(O)N2CCC[C@@H]([C@@](O)(CCCCOC)c3cccc(Cl)c3Cc3ccccc3C)C2)cc1. The summed E-state index contributed by atoms with van der Waals surface area (Å²) in [6.07, 6.45) is 4.09. The Labute approximate surface area is 245 Å². The lowest BCUT2D eigenvalue weighted by Crippen LogP contribution is -2.47. The fraction of sp³-hybridized carbons (Fsp3) is 0.471. The van der Waals surface area contributed by atoms with Crippen LogP contribution in [0, 0.1) is 12.8 Å². The van der Waals surface area contributed by atoms with E-state index in [4.69, 9.17) is 16.3 Å². The van der Waals surface area contributed by atoms with E-state index in [0.717, 1.165) is 55.5 Å². The number of benzene rings is 3. The van der Waals surface area contributed by atoms with Crippen molar-refractivity contribution in [2.45, 2.75) is 63.8 Å². The van der Waals surface area contributed by atoms with E-state index in [1.807, 2.05) is 31.3 Å². The monoisotopic (exact) mass is 564 g/mol. The molecule has 0 radical (unpaired) electrons. The van der Waals surface area contributed by atoms with Gasteiger partial charge in [0.1, 0.15) is 6.23 Å². The molecule has 1 fully saturated rings. The Morgan fingerprint density at radius 3 is 2.58 bits per heavy atom. The summed E-state index contributed by atoms with van der Waals surface area (Å²) in [5.74, 6) is -0.0453. The topological polar surface area (TPSA) is 65.0 Å². The Balaban J connectivity index is 1.65. The molecule has 0 saturated carbocycles. The van der Waals surface area contributed by atoms with Crippen LogP contribution in [0.1, 0.15) is 71.7 Å². The molecule has 0 aromatic heterocycles. The minimum absolute atomic E-state index is 0.0453. The number of piperidine rings is 1. The highest BCUT2D eigenvalue weighted by molar-refractivity contribution is 6.31. The predicted molar refractivity (Wildman–Crippen MR) is 164 cm³/mol. The van der Waals surface area contributed by atoms with Gasteiger partial charge in [-0.1, -0.05) is 72.3 Å². The first-order chi connectivity index (χ1) is 19.4. The van der Waals surface area contributed by atoms with Gasteiger partial charge >= 0.3 is 0 Å². The lowest BCUT2D eigenvalue weighted by atomic mass is 9.72. The summed E-state index contributed by atoms with van der Waals surface area (Å²) < 4.78 is 5.32. The minimum atomic E-state index is -1.08. The second kappa shape index (κ2) is 14.6. The fourth-order valence-electron chi connectivity index (χ4n) is 6.18. The van der Waals surface area contributed by atoms with Crippen LogP contribution in [0.25, 0.3) is 0 Å². The molecule has 3 N–H and O–H groups in total. The molecule has 6 heteroatoms. The van der Waals surface area contributed by atoms with Gasteiger partial charge in [-0.05, 0) is 91.9 Å².